The van der Waals surface area contributed by atoms with Crippen LogP contribution < -0.4 is 5.32 Å². The summed E-state index contributed by atoms with van der Waals surface area (Å²) in [4.78, 5) is 27.9. The average molecular weight is 458 g/mol. The topological polar surface area (TPSA) is 83.1 Å². The van der Waals surface area contributed by atoms with Crippen LogP contribution in [0.25, 0.3) is 21.9 Å². The Hall–Kier alpha value is -3.45. The minimum atomic E-state index is -0.353. The number of hydrogen-bond acceptors (Lipinski definition) is 6. The van der Waals surface area contributed by atoms with Crippen molar-refractivity contribution in [2.45, 2.75) is 32.1 Å². The standard InChI is InChI=1S/C27H31N5O2/c1-34-27(33)20-11-12-22-21(18-20)24-25(28-13-8-16-32-14-6-3-7-15-32)30-23(31-26(24)29-22)17-19-9-4-2-5-10-19/h2,4-5,9-12,18H,3,6-8,13-17H2,1H3,(H2,28,29,30,31). The van der Waals surface area contributed by atoms with E-state index in [1.54, 1.807) is 6.07 Å². The van der Waals surface area contributed by atoms with Crippen molar-refractivity contribution in [2.75, 3.05) is 38.6 Å². The van der Waals surface area contributed by atoms with Crippen LogP contribution in [0.15, 0.2) is 48.5 Å². The fraction of sp³-hybridized carbons (Fsp3) is 0.370. The Bertz CT molecular complexity index is 1280. The van der Waals surface area contributed by atoms with Gasteiger partial charge in [0.1, 0.15) is 17.3 Å². The molecule has 0 radical (unpaired) electrons. The first kappa shape index (κ1) is 22.3. The molecule has 0 amide bonds. The quantitative estimate of drug-likeness (QED) is 0.293. The number of aromatic nitrogens is 3. The van der Waals surface area contributed by atoms with Gasteiger partial charge in [-0.3, -0.25) is 0 Å². The number of methoxy groups -OCH3 is 1. The summed E-state index contributed by atoms with van der Waals surface area (Å²) >= 11 is 0. The molecule has 1 saturated heterocycles. The summed E-state index contributed by atoms with van der Waals surface area (Å²) in [5.41, 5.74) is 3.38. The van der Waals surface area contributed by atoms with Crippen molar-refractivity contribution in [2.24, 2.45) is 0 Å². The first-order valence-corrected chi connectivity index (χ1v) is 12.1. The van der Waals surface area contributed by atoms with E-state index >= 15 is 0 Å². The number of likely N-dealkylation sites (tertiary alicyclic amines) is 1. The lowest BCUT2D eigenvalue weighted by Crippen LogP contribution is -2.31. The first-order chi connectivity index (χ1) is 16.7. The molecular weight excluding hydrogens is 426 g/mol. The van der Waals surface area contributed by atoms with Gasteiger partial charge >= 0.3 is 5.97 Å². The predicted molar refractivity (Wildman–Crippen MR) is 135 cm³/mol. The highest BCUT2D eigenvalue weighted by Gasteiger charge is 2.17. The van der Waals surface area contributed by atoms with Crippen molar-refractivity contribution in [3.63, 3.8) is 0 Å². The largest absolute Gasteiger partial charge is 0.465 e. The number of fused-ring (bicyclic) bond motifs is 3. The molecular formula is C27H31N5O2. The van der Waals surface area contributed by atoms with Crippen LogP contribution in [0.4, 0.5) is 5.82 Å². The Kier molecular flexibility index (Phi) is 6.72. The molecule has 1 aliphatic heterocycles. The minimum absolute atomic E-state index is 0.353. The second-order valence-electron chi connectivity index (χ2n) is 8.93. The molecule has 7 nitrogen and oxygen atoms in total. The number of piperidine rings is 1. The lowest BCUT2D eigenvalue weighted by molar-refractivity contribution is 0.0601. The molecule has 0 atom stereocenters. The summed E-state index contributed by atoms with van der Waals surface area (Å²) in [7, 11) is 1.40. The lowest BCUT2D eigenvalue weighted by Gasteiger charge is -2.26. The van der Waals surface area contributed by atoms with Crippen LogP contribution >= 0.6 is 0 Å². The van der Waals surface area contributed by atoms with E-state index < -0.39 is 0 Å². The van der Waals surface area contributed by atoms with Crippen LogP contribution in [0.1, 0.15) is 47.4 Å². The number of benzene rings is 2. The van der Waals surface area contributed by atoms with Gasteiger partial charge in [-0.2, -0.15) is 0 Å². The fourth-order valence-corrected chi connectivity index (χ4v) is 4.76. The number of nitrogens with zero attached hydrogens (tertiary/aromatic N) is 3. The Morgan fingerprint density at radius 3 is 2.71 bits per heavy atom. The average Bonchev–Trinajstić information content (AvgIpc) is 3.25. The zero-order valence-electron chi connectivity index (χ0n) is 19.6. The Labute approximate surface area is 199 Å². The molecule has 2 aromatic carbocycles. The molecule has 0 spiro atoms. The SMILES string of the molecule is COC(=O)c1ccc2[nH]c3nc(Cc4ccccc4)nc(NCCCN4CCCCC4)c3c2c1. The third-order valence-electron chi connectivity index (χ3n) is 6.52. The van der Waals surface area contributed by atoms with Crippen LogP contribution in [0.3, 0.4) is 0 Å². The van der Waals surface area contributed by atoms with Crippen LogP contribution in [0.2, 0.25) is 0 Å². The van der Waals surface area contributed by atoms with Gasteiger partial charge in [0, 0.05) is 23.9 Å². The Morgan fingerprint density at radius 1 is 1.09 bits per heavy atom. The number of aromatic amines is 1. The maximum absolute atomic E-state index is 12.1. The predicted octanol–water partition coefficient (Wildman–Crippen LogP) is 4.78. The normalized spacial score (nSPS) is 14.5. The third kappa shape index (κ3) is 4.89. The van der Waals surface area contributed by atoms with Crippen molar-refractivity contribution in [1.82, 2.24) is 19.9 Å². The van der Waals surface area contributed by atoms with Crippen molar-refractivity contribution < 1.29 is 9.53 Å². The van der Waals surface area contributed by atoms with E-state index in [0.29, 0.717) is 12.0 Å². The van der Waals surface area contributed by atoms with Crippen molar-refractivity contribution >= 4 is 33.7 Å². The number of anilines is 1. The van der Waals surface area contributed by atoms with E-state index in [1.165, 1.54) is 45.0 Å². The highest BCUT2D eigenvalue weighted by molar-refractivity contribution is 6.12. The molecule has 1 aliphatic rings. The molecule has 7 heteroatoms. The highest BCUT2D eigenvalue weighted by atomic mass is 16.5. The van der Waals surface area contributed by atoms with Gasteiger partial charge in [-0.1, -0.05) is 36.8 Å². The molecule has 0 bridgehead atoms. The van der Waals surface area contributed by atoms with Crippen LogP contribution in [-0.2, 0) is 11.2 Å². The molecule has 34 heavy (non-hydrogen) atoms. The number of nitrogens with one attached hydrogen (secondary N) is 2. The second kappa shape index (κ2) is 10.2. The van der Waals surface area contributed by atoms with Crippen molar-refractivity contribution in [3.05, 3.63) is 65.5 Å². The summed E-state index contributed by atoms with van der Waals surface area (Å²) in [6, 6.07) is 15.8. The monoisotopic (exact) mass is 457 g/mol. The molecule has 2 aromatic heterocycles. The molecule has 3 heterocycles. The number of esters is 1. The molecule has 4 aromatic rings. The molecule has 2 N–H and O–H groups in total. The van der Waals surface area contributed by atoms with Gasteiger partial charge in [-0.15, -0.1) is 0 Å². The number of carbonyl (C=O) groups excluding carboxylic acids is 1. The fourth-order valence-electron chi connectivity index (χ4n) is 4.76. The summed E-state index contributed by atoms with van der Waals surface area (Å²) in [5, 5.41) is 5.41. The number of carbonyl (C=O) groups is 1. The number of rotatable bonds is 8. The van der Waals surface area contributed by atoms with E-state index in [2.05, 4.69) is 27.3 Å². The molecule has 1 fully saturated rings. The van der Waals surface area contributed by atoms with E-state index in [1.807, 2.05) is 30.3 Å². The highest BCUT2D eigenvalue weighted by Crippen LogP contribution is 2.31. The van der Waals surface area contributed by atoms with E-state index in [4.69, 9.17) is 14.7 Å². The Morgan fingerprint density at radius 2 is 1.91 bits per heavy atom. The van der Waals surface area contributed by atoms with E-state index in [-0.39, 0.29) is 5.97 Å². The van der Waals surface area contributed by atoms with Gasteiger partial charge < -0.3 is 19.9 Å². The molecule has 0 unspecified atom stereocenters. The molecule has 5 rings (SSSR count). The maximum atomic E-state index is 12.1. The lowest BCUT2D eigenvalue weighted by atomic mass is 10.1. The summed E-state index contributed by atoms with van der Waals surface area (Å²) in [5.74, 6) is 1.22. The number of hydrogen-bond donors (Lipinski definition) is 2. The Balaban J connectivity index is 1.46. The smallest absolute Gasteiger partial charge is 0.337 e. The minimum Gasteiger partial charge on any atom is -0.465 e. The second-order valence-corrected chi connectivity index (χ2v) is 8.93. The molecule has 0 saturated carbocycles. The van der Waals surface area contributed by atoms with Crippen LogP contribution in [-0.4, -0.2) is 59.1 Å². The first-order valence-electron chi connectivity index (χ1n) is 12.1. The van der Waals surface area contributed by atoms with E-state index in [9.17, 15) is 4.79 Å². The summed E-state index contributed by atoms with van der Waals surface area (Å²) in [6.45, 7) is 4.34. The van der Waals surface area contributed by atoms with Crippen LogP contribution in [0, 0.1) is 0 Å². The van der Waals surface area contributed by atoms with E-state index in [0.717, 1.165) is 53.1 Å². The van der Waals surface area contributed by atoms with Gasteiger partial charge in [0.25, 0.3) is 0 Å². The van der Waals surface area contributed by atoms with Crippen LogP contribution in [0.5, 0.6) is 0 Å². The summed E-state index contributed by atoms with van der Waals surface area (Å²) in [6.07, 6.45) is 5.67. The van der Waals surface area contributed by atoms with Gasteiger partial charge in [-0.25, -0.2) is 14.8 Å². The number of H-pyrrole nitrogens is 1. The zero-order chi connectivity index (χ0) is 23.3. The van der Waals surface area contributed by atoms with Gasteiger partial charge in [-0.05, 0) is 62.7 Å². The van der Waals surface area contributed by atoms with Crippen molar-refractivity contribution in [3.8, 4) is 0 Å². The van der Waals surface area contributed by atoms with Gasteiger partial charge in [0.15, 0.2) is 0 Å². The van der Waals surface area contributed by atoms with Gasteiger partial charge in [0.2, 0.25) is 0 Å². The third-order valence-corrected chi connectivity index (χ3v) is 6.52. The molecule has 0 aliphatic carbocycles. The molecule has 176 valence electrons. The number of ether oxygens (including phenoxy) is 1. The zero-order valence-corrected chi connectivity index (χ0v) is 19.6. The summed E-state index contributed by atoms with van der Waals surface area (Å²) < 4.78 is 4.93. The maximum Gasteiger partial charge on any atom is 0.337 e. The van der Waals surface area contributed by atoms with Crippen molar-refractivity contribution in [1.29, 1.82) is 0 Å². The van der Waals surface area contributed by atoms with Gasteiger partial charge in [0.05, 0.1) is 18.1 Å².